The van der Waals surface area contributed by atoms with Crippen LogP contribution in [0.4, 0.5) is 0 Å². The normalized spacial score (nSPS) is 21.6. The van der Waals surface area contributed by atoms with Crippen LogP contribution in [0.5, 0.6) is 0 Å². The van der Waals surface area contributed by atoms with Gasteiger partial charge in [-0.2, -0.15) is 0 Å². The van der Waals surface area contributed by atoms with Crippen LogP contribution in [-0.2, 0) is 16.0 Å². The molecule has 2 amide bonds. The molecule has 5 heteroatoms. The van der Waals surface area contributed by atoms with Gasteiger partial charge in [0.2, 0.25) is 11.8 Å². The number of hydrogen-bond acceptors (Lipinski definition) is 3. The number of carbonyl (C=O) groups excluding carboxylic acids is 2. The Kier molecular flexibility index (Phi) is 5.86. The van der Waals surface area contributed by atoms with E-state index in [0.717, 1.165) is 45.3 Å². The largest absolute Gasteiger partial charge is 0.341 e. The van der Waals surface area contributed by atoms with Crippen LogP contribution in [0.2, 0.25) is 0 Å². The molecule has 0 aromatic heterocycles. The van der Waals surface area contributed by atoms with Crippen LogP contribution in [-0.4, -0.2) is 60.4 Å². The molecule has 130 valence electrons. The fourth-order valence-corrected chi connectivity index (χ4v) is 3.56. The number of nitrogens with zero attached hydrogens (tertiary/aromatic N) is 2. The lowest BCUT2D eigenvalue weighted by atomic mass is 10.1. The second-order valence-corrected chi connectivity index (χ2v) is 6.69. The Morgan fingerprint density at radius 1 is 1.00 bits per heavy atom. The Morgan fingerprint density at radius 2 is 1.75 bits per heavy atom. The SMILES string of the molecule is O=C(CCc1ccccc1)N1CCCN(C(=O)C2CCCN2)CC1. The Balaban J connectivity index is 1.47. The molecule has 0 bridgehead atoms. The monoisotopic (exact) mass is 329 g/mol. The highest BCUT2D eigenvalue weighted by Gasteiger charge is 2.28. The van der Waals surface area contributed by atoms with Gasteiger partial charge in [0.05, 0.1) is 6.04 Å². The zero-order valence-electron chi connectivity index (χ0n) is 14.2. The number of aryl methyl sites for hydroxylation is 1. The lowest BCUT2D eigenvalue weighted by molar-refractivity contribution is -0.134. The molecular formula is C19H27N3O2. The van der Waals surface area contributed by atoms with Crippen LogP contribution in [0.1, 0.15) is 31.2 Å². The Bertz CT molecular complexity index is 555. The van der Waals surface area contributed by atoms with Gasteiger partial charge in [-0.3, -0.25) is 9.59 Å². The first kappa shape index (κ1) is 17.0. The summed E-state index contributed by atoms with van der Waals surface area (Å²) in [6.07, 6.45) is 4.21. The van der Waals surface area contributed by atoms with Crippen LogP contribution >= 0.6 is 0 Å². The average Bonchev–Trinajstić information content (AvgIpc) is 3.04. The van der Waals surface area contributed by atoms with E-state index in [-0.39, 0.29) is 17.9 Å². The molecule has 1 unspecified atom stereocenters. The second kappa shape index (κ2) is 8.29. The molecule has 2 aliphatic rings. The highest BCUT2D eigenvalue weighted by Crippen LogP contribution is 2.12. The molecule has 5 nitrogen and oxygen atoms in total. The van der Waals surface area contributed by atoms with E-state index in [0.29, 0.717) is 19.5 Å². The molecule has 1 N–H and O–H groups in total. The summed E-state index contributed by atoms with van der Waals surface area (Å²) in [7, 11) is 0. The van der Waals surface area contributed by atoms with Gasteiger partial charge in [-0.05, 0) is 37.8 Å². The van der Waals surface area contributed by atoms with Crippen molar-refractivity contribution in [3.63, 3.8) is 0 Å². The number of amides is 2. The first-order valence-electron chi connectivity index (χ1n) is 9.08. The van der Waals surface area contributed by atoms with Crippen LogP contribution < -0.4 is 5.32 Å². The Labute approximate surface area is 144 Å². The van der Waals surface area contributed by atoms with Crippen LogP contribution in [0.3, 0.4) is 0 Å². The molecule has 3 rings (SSSR count). The summed E-state index contributed by atoms with van der Waals surface area (Å²) in [5, 5.41) is 3.27. The van der Waals surface area contributed by atoms with Crippen molar-refractivity contribution >= 4 is 11.8 Å². The van der Waals surface area contributed by atoms with Crippen molar-refractivity contribution in [1.82, 2.24) is 15.1 Å². The van der Waals surface area contributed by atoms with E-state index in [9.17, 15) is 9.59 Å². The second-order valence-electron chi connectivity index (χ2n) is 6.69. The fourth-order valence-electron chi connectivity index (χ4n) is 3.56. The van der Waals surface area contributed by atoms with E-state index in [2.05, 4.69) is 17.4 Å². The van der Waals surface area contributed by atoms with Gasteiger partial charge in [0, 0.05) is 32.6 Å². The molecule has 1 atom stereocenters. The van der Waals surface area contributed by atoms with Crippen molar-refractivity contribution in [3.8, 4) is 0 Å². The molecule has 0 radical (unpaired) electrons. The van der Waals surface area contributed by atoms with E-state index < -0.39 is 0 Å². The van der Waals surface area contributed by atoms with Crippen LogP contribution in [0.15, 0.2) is 30.3 Å². The Hall–Kier alpha value is -1.88. The molecule has 24 heavy (non-hydrogen) atoms. The molecule has 0 saturated carbocycles. The lowest BCUT2D eigenvalue weighted by Crippen LogP contribution is -2.45. The first-order valence-corrected chi connectivity index (χ1v) is 9.08. The minimum Gasteiger partial charge on any atom is -0.341 e. The van der Waals surface area contributed by atoms with Gasteiger partial charge >= 0.3 is 0 Å². The first-order chi connectivity index (χ1) is 11.7. The summed E-state index contributed by atoms with van der Waals surface area (Å²) < 4.78 is 0. The summed E-state index contributed by atoms with van der Waals surface area (Å²) in [5.41, 5.74) is 1.20. The highest BCUT2D eigenvalue weighted by molar-refractivity contribution is 5.82. The molecule has 0 spiro atoms. The molecule has 2 fully saturated rings. The van der Waals surface area contributed by atoms with Crippen LogP contribution in [0, 0.1) is 0 Å². The minimum atomic E-state index is -0.00895. The fraction of sp³-hybridized carbons (Fsp3) is 0.579. The zero-order valence-corrected chi connectivity index (χ0v) is 14.2. The molecule has 1 aromatic rings. The molecule has 2 heterocycles. The third kappa shape index (κ3) is 4.35. The lowest BCUT2D eigenvalue weighted by Gasteiger charge is -2.24. The van der Waals surface area contributed by atoms with E-state index in [4.69, 9.17) is 0 Å². The van der Waals surface area contributed by atoms with Crippen molar-refractivity contribution < 1.29 is 9.59 Å². The molecule has 2 aliphatic heterocycles. The van der Waals surface area contributed by atoms with Gasteiger partial charge in [-0.25, -0.2) is 0 Å². The van der Waals surface area contributed by atoms with Crippen molar-refractivity contribution in [2.24, 2.45) is 0 Å². The topological polar surface area (TPSA) is 52.7 Å². The van der Waals surface area contributed by atoms with E-state index in [1.54, 1.807) is 0 Å². The predicted molar refractivity (Wildman–Crippen MR) is 93.6 cm³/mol. The van der Waals surface area contributed by atoms with Gasteiger partial charge in [0.15, 0.2) is 0 Å². The third-order valence-corrected chi connectivity index (χ3v) is 4.99. The summed E-state index contributed by atoms with van der Waals surface area (Å²) in [6, 6.07) is 10.1. The van der Waals surface area contributed by atoms with Crippen molar-refractivity contribution in [3.05, 3.63) is 35.9 Å². The number of nitrogens with one attached hydrogen (secondary N) is 1. The van der Waals surface area contributed by atoms with Crippen molar-refractivity contribution in [2.45, 2.75) is 38.1 Å². The van der Waals surface area contributed by atoms with Crippen molar-refractivity contribution in [2.75, 3.05) is 32.7 Å². The highest BCUT2D eigenvalue weighted by atomic mass is 16.2. The van der Waals surface area contributed by atoms with E-state index in [1.807, 2.05) is 28.0 Å². The number of benzene rings is 1. The standard InChI is InChI=1S/C19H27N3O2/c23-18(10-9-16-6-2-1-3-7-16)21-12-5-13-22(15-14-21)19(24)17-8-4-11-20-17/h1-3,6-7,17,20H,4-5,8-15H2. The summed E-state index contributed by atoms with van der Waals surface area (Å²) in [4.78, 5) is 28.8. The van der Waals surface area contributed by atoms with Gasteiger partial charge in [0.1, 0.15) is 0 Å². The number of rotatable bonds is 4. The van der Waals surface area contributed by atoms with E-state index in [1.165, 1.54) is 5.56 Å². The number of hydrogen-bond donors (Lipinski definition) is 1. The third-order valence-electron chi connectivity index (χ3n) is 4.99. The predicted octanol–water partition coefficient (Wildman–Crippen LogP) is 1.43. The van der Waals surface area contributed by atoms with Crippen molar-refractivity contribution in [1.29, 1.82) is 0 Å². The van der Waals surface area contributed by atoms with Gasteiger partial charge in [-0.1, -0.05) is 30.3 Å². The summed E-state index contributed by atoms with van der Waals surface area (Å²) >= 11 is 0. The van der Waals surface area contributed by atoms with E-state index >= 15 is 0 Å². The zero-order chi connectivity index (χ0) is 16.8. The summed E-state index contributed by atoms with van der Waals surface area (Å²) in [5.74, 6) is 0.415. The van der Waals surface area contributed by atoms with Crippen LogP contribution in [0.25, 0.3) is 0 Å². The maximum Gasteiger partial charge on any atom is 0.239 e. The Morgan fingerprint density at radius 3 is 2.50 bits per heavy atom. The molecular weight excluding hydrogens is 302 g/mol. The summed E-state index contributed by atoms with van der Waals surface area (Å²) in [6.45, 7) is 3.78. The van der Waals surface area contributed by atoms with Gasteiger partial charge in [0.25, 0.3) is 0 Å². The minimum absolute atomic E-state index is 0.00895. The maximum atomic E-state index is 12.5. The molecule has 0 aliphatic carbocycles. The van der Waals surface area contributed by atoms with Gasteiger partial charge in [-0.15, -0.1) is 0 Å². The van der Waals surface area contributed by atoms with Gasteiger partial charge < -0.3 is 15.1 Å². The quantitative estimate of drug-likeness (QED) is 0.909. The molecule has 2 saturated heterocycles. The number of carbonyl (C=O) groups is 2. The molecule has 1 aromatic carbocycles. The maximum absolute atomic E-state index is 12.5. The average molecular weight is 329 g/mol. The smallest absolute Gasteiger partial charge is 0.239 e.